The van der Waals surface area contributed by atoms with Gasteiger partial charge in [-0.2, -0.15) is 5.10 Å². The van der Waals surface area contributed by atoms with Gasteiger partial charge in [-0.25, -0.2) is 17.9 Å². The van der Waals surface area contributed by atoms with Gasteiger partial charge in [0.25, 0.3) is 0 Å². The van der Waals surface area contributed by atoms with Crippen LogP contribution in [0.3, 0.4) is 0 Å². The van der Waals surface area contributed by atoms with Crippen LogP contribution in [0.25, 0.3) is 0 Å². The molecule has 0 atom stereocenters. The van der Waals surface area contributed by atoms with Crippen LogP contribution in [-0.4, -0.2) is 36.2 Å². The Balaban J connectivity index is 2.09. The molecule has 1 aliphatic rings. The molecule has 1 saturated carbocycles. The summed E-state index contributed by atoms with van der Waals surface area (Å²) < 4.78 is 26.6. The number of nitrogens with zero attached hydrogens (tertiary/aromatic N) is 1. The zero-order valence-electron chi connectivity index (χ0n) is 10.6. The Bertz CT molecular complexity index is 575. The Morgan fingerprint density at radius 3 is 2.74 bits per heavy atom. The van der Waals surface area contributed by atoms with Crippen LogP contribution < -0.4 is 4.72 Å². The van der Waals surface area contributed by atoms with Gasteiger partial charge in [-0.15, -0.1) is 0 Å². The van der Waals surface area contributed by atoms with Crippen molar-refractivity contribution in [3.05, 3.63) is 11.4 Å². The van der Waals surface area contributed by atoms with Crippen LogP contribution in [0.15, 0.2) is 4.90 Å². The number of nitrogens with one attached hydrogen (secondary N) is 2. The number of aromatic amines is 1. The highest BCUT2D eigenvalue weighted by atomic mass is 32.2. The molecule has 19 heavy (non-hydrogen) atoms. The summed E-state index contributed by atoms with van der Waals surface area (Å²) in [6.45, 7) is 1.82. The van der Waals surface area contributed by atoms with Gasteiger partial charge in [-0.1, -0.05) is 19.3 Å². The van der Waals surface area contributed by atoms with Gasteiger partial charge in [0.05, 0.1) is 5.69 Å². The largest absolute Gasteiger partial charge is 0.476 e. The second-order valence-electron chi connectivity index (χ2n) is 4.81. The maximum absolute atomic E-state index is 12.1. The van der Waals surface area contributed by atoms with Crippen molar-refractivity contribution >= 4 is 16.0 Å². The second kappa shape index (κ2) is 5.30. The van der Waals surface area contributed by atoms with E-state index in [0.717, 1.165) is 19.3 Å². The Morgan fingerprint density at radius 1 is 1.53 bits per heavy atom. The number of carbonyl (C=O) groups is 1. The molecule has 0 radical (unpaired) electrons. The number of carboxylic acid groups (broad SMARTS) is 1. The van der Waals surface area contributed by atoms with Crippen molar-refractivity contribution in [1.29, 1.82) is 0 Å². The minimum atomic E-state index is -3.83. The molecule has 106 valence electrons. The van der Waals surface area contributed by atoms with Gasteiger partial charge in [0, 0.05) is 6.54 Å². The van der Waals surface area contributed by atoms with Crippen LogP contribution >= 0.6 is 0 Å². The Hall–Kier alpha value is -1.41. The summed E-state index contributed by atoms with van der Waals surface area (Å²) in [6, 6.07) is 0. The molecule has 0 bridgehead atoms. The van der Waals surface area contributed by atoms with Gasteiger partial charge in [0.1, 0.15) is 4.90 Å². The first-order valence-corrected chi connectivity index (χ1v) is 7.68. The lowest BCUT2D eigenvalue weighted by molar-refractivity contribution is 0.0686. The monoisotopic (exact) mass is 287 g/mol. The number of aryl methyl sites for hydroxylation is 1. The standard InChI is InChI=1S/C11H17N3O4S/c1-7-10(9(11(15)16)14-13-7)19(17,18)12-6-5-8-3-2-4-8/h8,12H,2-6H2,1H3,(H,13,14)(H,15,16). The SMILES string of the molecule is Cc1[nH]nc(C(=O)O)c1S(=O)(=O)NCCC1CCC1. The predicted molar refractivity (Wildman–Crippen MR) is 67.4 cm³/mol. The van der Waals surface area contributed by atoms with Crippen LogP contribution in [0.4, 0.5) is 0 Å². The summed E-state index contributed by atoms with van der Waals surface area (Å²) in [5.74, 6) is -0.768. The zero-order valence-corrected chi connectivity index (χ0v) is 11.5. The molecule has 0 amide bonds. The number of sulfonamides is 1. The van der Waals surface area contributed by atoms with E-state index in [1.165, 1.54) is 13.3 Å². The maximum Gasteiger partial charge on any atom is 0.357 e. The first kappa shape index (κ1) is 14.0. The van der Waals surface area contributed by atoms with Gasteiger partial charge < -0.3 is 5.11 Å². The Morgan fingerprint density at radius 2 is 2.21 bits per heavy atom. The summed E-state index contributed by atoms with van der Waals surface area (Å²) in [6.07, 6.45) is 4.29. The van der Waals surface area contributed by atoms with Crippen molar-refractivity contribution in [2.45, 2.75) is 37.5 Å². The fraction of sp³-hybridized carbons (Fsp3) is 0.636. The van der Waals surface area contributed by atoms with Crippen molar-refractivity contribution < 1.29 is 18.3 Å². The molecule has 1 aromatic heterocycles. The van der Waals surface area contributed by atoms with Crippen LogP contribution in [0.2, 0.25) is 0 Å². The van der Waals surface area contributed by atoms with Crippen molar-refractivity contribution in [1.82, 2.24) is 14.9 Å². The average Bonchev–Trinajstić information content (AvgIpc) is 2.65. The second-order valence-corrected chi connectivity index (χ2v) is 6.52. The Kier molecular flexibility index (Phi) is 3.91. The van der Waals surface area contributed by atoms with Crippen molar-refractivity contribution in [2.75, 3.05) is 6.54 Å². The fourth-order valence-electron chi connectivity index (χ4n) is 2.14. The smallest absolute Gasteiger partial charge is 0.357 e. The first-order valence-electron chi connectivity index (χ1n) is 6.19. The third-order valence-corrected chi connectivity index (χ3v) is 5.05. The lowest BCUT2D eigenvalue weighted by Gasteiger charge is -2.25. The topological polar surface area (TPSA) is 112 Å². The van der Waals surface area contributed by atoms with E-state index in [-0.39, 0.29) is 10.6 Å². The van der Waals surface area contributed by atoms with Crippen LogP contribution in [0, 0.1) is 12.8 Å². The molecule has 1 fully saturated rings. The van der Waals surface area contributed by atoms with Crippen LogP contribution in [0.5, 0.6) is 0 Å². The average molecular weight is 287 g/mol. The molecule has 0 aliphatic heterocycles. The van der Waals surface area contributed by atoms with E-state index in [2.05, 4.69) is 14.9 Å². The van der Waals surface area contributed by atoms with E-state index >= 15 is 0 Å². The van der Waals surface area contributed by atoms with Gasteiger partial charge in [-0.05, 0) is 19.3 Å². The van der Waals surface area contributed by atoms with E-state index in [1.807, 2.05) is 0 Å². The number of aromatic carboxylic acids is 1. The molecule has 0 saturated heterocycles. The highest BCUT2D eigenvalue weighted by Crippen LogP contribution is 2.29. The lowest BCUT2D eigenvalue weighted by atomic mass is 9.83. The van der Waals surface area contributed by atoms with Gasteiger partial charge in [0.2, 0.25) is 10.0 Å². The highest BCUT2D eigenvalue weighted by Gasteiger charge is 2.28. The fourth-order valence-corrected chi connectivity index (χ4v) is 3.51. The molecule has 0 aromatic carbocycles. The molecule has 2 rings (SSSR count). The molecule has 1 aliphatic carbocycles. The number of hydrogen-bond acceptors (Lipinski definition) is 4. The summed E-state index contributed by atoms with van der Waals surface area (Å²) in [4.78, 5) is 10.7. The van der Waals surface area contributed by atoms with Crippen LogP contribution in [-0.2, 0) is 10.0 Å². The van der Waals surface area contributed by atoms with E-state index in [4.69, 9.17) is 5.11 Å². The summed E-state index contributed by atoms with van der Waals surface area (Å²) in [7, 11) is -3.83. The summed E-state index contributed by atoms with van der Waals surface area (Å²) >= 11 is 0. The van der Waals surface area contributed by atoms with E-state index in [9.17, 15) is 13.2 Å². The van der Waals surface area contributed by atoms with E-state index < -0.39 is 21.7 Å². The molecule has 0 spiro atoms. The number of aromatic nitrogens is 2. The van der Waals surface area contributed by atoms with Gasteiger partial charge in [0.15, 0.2) is 5.69 Å². The molecular weight excluding hydrogens is 270 g/mol. The molecule has 8 heteroatoms. The third-order valence-electron chi connectivity index (χ3n) is 3.43. The minimum absolute atomic E-state index is 0.230. The summed E-state index contributed by atoms with van der Waals surface area (Å²) in [5.41, 5.74) is -0.234. The van der Waals surface area contributed by atoms with Crippen molar-refractivity contribution in [3.8, 4) is 0 Å². The zero-order chi connectivity index (χ0) is 14.0. The lowest BCUT2D eigenvalue weighted by Crippen LogP contribution is -2.29. The van der Waals surface area contributed by atoms with E-state index in [1.54, 1.807) is 0 Å². The van der Waals surface area contributed by atoms with Crippen molar-refractivity contribution in [3.63, 3.8) is 0 Å². The number of H-pyrrole nitrogens is 1. The highest BCUT2D eigenvalue weighted by molar-refractivity contribution is 7.89. The normalized spacial score (nSPS) is 16.3. The number of carboxylic acids is 1. The molecular formula is C11H17N3O4S. The summed E-state index contributed by atoms with van der Waals surface area (Å²) in [5, 5.41) is 14.8. The molecule has 3 N–H and O–H groups in total. The first-order chi connectivity index (χ1) is 8.92. The minimum Gasteiger partial charge on any atom is -0.476 e. The molecule has 0 unspecified atom stereocenters. The van der Waals surface area contributed by atoms with Gasteiger partial charge in [-0.3, -0.25) is 5.10 Å². The van der Waals surface area contributed by atoms with E-state index in [0.29, 0.717) is 12.5 Å². The number of hydrogen-bond donors (Lipinski definition) is 3. The maximum atomic E-state index is 12.1. The van der Waals surface area contributed by atoms with Crippen LogP contribution in [0.1, 0.15) is 41.9 Å². The predicted octanol–water partition coefficient (Wildman–Crippen LogP) is 0.885. The number of rotatable bonds is 6. The van der Waals surface area contributed by atoms with Gasteiger partial charge >= 0.3 is 5.97 Å². The molecule has 1 aromatic rings. The van der Waals surface area contributed by atoms with Crippen molar-refractivity contribution in [2.24, 2.45) is 5.92 Å². The third kappa shape index (κ3) is 2.95. The molecule has 1 heterocycles. The Labute approximate surface area is 111 Å². The molecule has 7 nitrogen and oxygen atoms in total. The quantitative estimate of drug-likeness (QED) is 0.719.